The average molecular weight is 458 g/mol. The summed E-state index contributed by atoms with van der Waals surface area (Å²) < 4.78 is 27.7. The molecular weight excluding hydrogens is 426 g/mol. The molecule has 3 fully saturated rings. The maximum absolute atomic E-state index is 13.1. The number of sulfonamides is 1. The van der Waals surface area contributed by atoms with Crippen molar-refractivity contribution < 1.29 is 13.2 Å². The number of thioether (sulfide) groups is 1. The fourth-order valence-electron chi connectivity index (χ4n) is 4.91. The first-order valence-corrected chi connectivity index (χ1v) is 14.2. The van der Waals surface area contributed by atoms with Crippen LogP contribution in [0.3, 0.4) is 0 Å². The van der Waals surface area contributed by atoms with E-state index in [9.17, 15) is 13.2 Å². The van der Waals surface area contributed by atoms with E-state index in [1.54, 1.807) is 15.8 Å². The summed E-state index contributed by atoms with van der Waals surface area (Å²) in [6.07, 6.45) is 7.48. The second-order valence-corrected chi connectivity index (χ2v) is 12.3. The summed E-state index contributed by atoms with van der Waals surface area (Å²) in [6, 6.07) is 1.59. The largest absolute Gasteiger partial charge is 0.349 e. The molecule has 0 aromatic carbocycles. The summed E-state index contributed by atoms with van der Waals surface area (Å²) in [7, 11) is -3.60. The third-order valence-corrected chi connectivity index (χ3v) is 10.5. The Morgan fingerprint density at radius 2 is 1.72 bits per heavy atom. The molecule has 3 heterocycles. The molecule has 1 aromatic heterocycles. The van der Waals surface area contributed by atoms with Gasteiger partial charge in [0.25, 0.3) is 5.91 Å². The van der Waals surface area contributed by atoms with Crippen molar-refractivity contribution in [3.63, 3.8) is 0 Å². The van der Waals surface area contributed by atoms with Gasteiger partial charge in [-0.3, -0.25) is 9.69 Å². The average Bonchev–Trinajstić information content (AvgIpc) is 3.44. The minimum Gasteiger partial charge on any atom is -0.349 e. The highest BCUT2D eigenvalue weighted by atomic mass is 32.2. The molecule has 0 spiro atoms. The molecule has 0 unspecified atom stereocenters. The van der Waals surface area contributed by atoms with Crippen LogP contribution in [0.4, 0.5) is 0 Å². The lowest BCUT2D eigenvalue weighted by atomic mass is 9.94. The van der Waals surface area contributed by atoms with E-state index in [0.29, 0.717) is 24.5 Å². The predicted molar refractivity (Wildman–Crippen MR) is 119 cm³/mol. The van der Waals surface area contributed by atoms with Crippen LogP contribution in [0.2, 0.25) is 0 Å². The van der Waals surface area contributed by atoms with Crippen molar-refractivity contribution in [2.24, 2.45) is 0 Å². The van der Waals surface area contributed by atoms with Crippen molar-refractivity contribution in [3.05, 3.63) is 16.3 Å². The smallest absolute Gasteiger partial charge is 0.262 e. The maximum Gasteiger partial charge on any atom is 0.262 e. The summed E-state index contributed by atoms with van der Waals surface area (Å²) in [5, 5.41) is 4.84. The molecule has 6 nitrogen and oxygen atoms in total. The molecule has 1 saturated carbocycles. The van der Waals surface area contributed by atoms with Crippen molar-refractivity contribution in [1.29, 1.82) is 0 Å². The summed E-state index contributed by atoms with van der Waals surface area (Å²) in [4.78, 5) is 16.1. The van der Waals surface area contributed by atoms with Gasteiger partial charge in [0.2, 0.25) is 10.0 Å². The van der Waals surface area contributed by atoms with Crippen molar-refractivity contribution in [2.75, 3.05) is 44.2 Å². The number of hydrogen-bond acceptors (Lipinski definition) is 6. The van der Waals surface area contributed by atoms with Gasteiger partial charge in [0, 0.05) is 49.8 Å². The summed E-state index contributed by atoms with van der Waals surface area (Å²) >= 11 is 3.23. The van der Waals surface area contributed by atoms with Crippen molar-refractivity contribution in [2.45, 2.75) is 55.4 Å². The fraction of sp³-hybridized carbons (Fsp3) is 0.750. The Bertz CT molecular complexity index is 806. The van der Waals surface area contributed by atoms with Gasteiger partial charge in [0.15, 0.2) is 0 Å². The minimum atomic E-state index is -3.60. The zero-order chi connectivity index (χ0) is 20.3. The van der Waals surface area contributed by atoms with Gasteiger partial charge >= 0.3 is 0 Å². The molecule has 2 saturated heterocycles. The highest BCUT2D eigenvalue weighted by Crippen LogP contribution is 2.36. The SMILES string of the molecule is O=C(NCC1(N2CCSCC2)CCCC1)c1sccc1S(=O)(=O)N1CCCCC1. The Balaban J connectivity index is 1.47. The highest BCUT2D eigenvalue weighted by molar-refractivity contribution is 7.99. The molecule has 1 aliphatic carbocycles. The van der Waals surface area contributed by atoms with E-state index < -0.39 is 10.0 Å². The van der Waals surface area contributed by atoms with E-state index in [1.807, 2.05) is 11.8 Å². The minimum absolute atomic E-state index is 0.0415. The van der Waals surface area contributed by atoms with Crippen LogP contribution < -0.4 is 5.32 Å². The molecule has 9 heteroatoms. The first kappa shape index (κ1) is 21.6. The van der Waals surface area contributed by atoms with Gasteiger partial charge in [-0.15, -0.1) is 11.3 Å². The number of carbonyl (C=O) groups excluding carboxylic acids is 1. The third kappa shape index (κ3) is 4.54. The molecule has 29 heavy (non-hydrogen) atoms. The second-order valence-electron chi connectivity index (χ2n) is 8.29. The number of carbonyl (C=O) groups is 1. The lowest BCUT2D eigenvalue weighted by Crippen LogP contribution is -2.56. The second kappa shape index (κ2) is 9.26. The number of thiophene rings is 1. The maximum atomic E-state index is 13.1. The molecule has 2 aliphatic heterocycles. The van der Waals surface area contributed by atoms with Crippen LogP contribution in [0, 0.1) is 0 Å². The number of rotatable bonds is 6. The lowest BCUT2D eigenvalue weighted by molar-refractivity contribution is 0.0818. The molecular formula is C20H31N3O3S3. The Hall–Kier alpha value is -0.610. The van der Waals surface area contributed by atoms with Gasteiger partial charge < -0.3 is 5.32 Å². The van der Waals surface area contributed by atoms with Gasteiger partial charge in [-0.05, 0) is 37.1 Å². The number of hydrogen-bond donors (Lipinski definition) is 1. The molecule has 0 radical (unpaired) electrons. The number of piperidine rings is 1. The standard InChI is InChI=1S/C20H31N3O3S3/c24-19(21-16-20(7-2-3-8-20)22-11-14-27-15-12-22)18-17(6-13-28-18)29(25,26)23-9-4-1-5-10-23/h6,13H,1-5,7-12,14-16H2,(H,21,24). The number of amides is 1. The van der Waals surface area contributed by atoms with Crippen LogP contribution in [0.1, 0.15) is 54.6 Å². The van der Waals surface area contributed by atoms with Crippen LogP contribution >= 0.6 is 23.1 Å². The van der Waals surface area contributed by atoms with E-state index in [0.717, 1.165) is 56.7 Å². The summed E-state index contributed by atoms with van der Waals surface area (Å²) in [5.74, 6) is 2.06. The molecule has 0 atom stereocenters. The topological polar surface area (TPSA) is 69.7 Å². The molecule has 3 aliphatic rings. The number of nitrogens with one attached hydrogen (secondary N) is 1. The first-order valence-electron chi connectivity index (χ1n) is 10.7. The summed E-state index contributed by atoms with van der Waals surface area (Å²) in [6.45, 7) is 3.87. The van der Waals surface area contributed by atoms with E-state index in [4.69, 9.17) is 0 Å². The van der Waals surface area contributed by atoms with E-state index >= 15 is 0 Å². The van der Waals surface area contributed by atoms with Crippen molar-refractivity contribution in [3.8, 4) is 0 Å². The van der Waals surface area contributed by atoms with Gasteiger partial charge in [0.05, 0.1) is 0 Å². The Kier molecular flexibility index (Phi) is 6.90. The van der Waals surface area contributed by atoms with E-state index in [-0.39, 0.29) is 16.3 Å². The van der Waals surface area contributed by atoms with E-state index in [1.165, 1.54) is 24.2 Å². The fourth-order valence-corrected chi connectivity index (χ4v) is 8.65. The molecule has 4 rings (SSSR count). The van der Waals surface area contributed by atoms with Crippen LogP contribution in [-0.4, -0.2) is 73.3 Å². The Morgan fingerprint density at radius 3 is 2.41 bits per heavy atom. The predicted octanol–water partition coefficient (Wildman–Crippen LogP) is 3.01. The monoisotopic (exact) mass is 457 g/mol. The molecule has 1 amide bonds. The van der Waals surface area contributed by atoms with Gasteiger partial charge in [-0.25, -0.2) is 8.42 Å². The molecule has 162 valence electrons. The van der Waals surface area contributed by atoms with Gasteiger partial charge in [-0.1, -0.05) is 19.3 Å². The highest BCUT2D eigenvalue weighted by Gasteiger charge is 2.40. The lowest BCUT2D eigenvalue weighted by Gasteiger charge is -2.43. The third-order valence-electron chi connectivity index (χ3n) is 6.56. The van der Waals surface area contributed by atoms with Crippen LogP contribution in [0.15, 0.2) is 16.3 Å². The zero-order valence-electron chi connectivity index (χ0n) is 16.9. The van der Waals surface area contributed by atoms with Crippen LogP contribution in [0.5, 0.6) is 0 Å². The normalized spacial score (nSPS) is 23.9. The molecule has 0 bridgehead atoms. The Labute approximate surface area is 182 Å². The number of nitrogens with zero attached hydrogens (tertiary/aromatic N) is 2. The van der Waals surface area contributed by atoms with Crippen molar-refractivity contribution >= 4 is 39.0 Å². The molecule has 1 N–H and O–H groups in total. The zero-order valence-corrected chi connectivity index (χ0v) is 19.3. The van der Waals surface area contributed by atoms with Gasteiger partial charge in [-0.2, -0.15) is 16.1 Å². The van der Waals surface area contributed by atoms with Crippen LogP contribution in [0.25, 0.3) is 0 Å². The van der Waals surface area contributed by atoms with Crippen LogP contribution in [-0.2, 0) is 10.0 Å². The van der Waals surface area contributed by atoms with E-state index in [2.05, 4.69) is 10.2 Å². The Morgan fingerprint density at radius 1 is 1.03 bits per heavy atom. The quantitative estimate of drug-likeness (QED) is 0.711. The van der Waals surface area contributed by atoms with Gasteiger partial charge in [0.1, 0.15) is 9.77 Å². The van der Waals surface area contributed by atoms with Crippen molar-refractivity contribution in [1.82, 2.24) is 14.5 Å². The first-order chi connectivity index (χ1) is 14.0. The molecule has 1 aromatic rings. The summed E-state index contributed by atoms with van der Waals surface area (Å²) in [5.41, 5.74) is 0.0415.